The zero-order chi connectivity index (χ0) is 13.5. The zero-order valence-electron chi connectivity index (χ0n) is 10.9. The molecule has 0 aromatic heterocycles. The van der Waals surface area contributed by atoms with Crippen molar-refractivity contribution in [3.05, 3.63) is 0 Å². The minimum absolute atomic E-state index is 0.348. The molecule has 0 aromatic rings. The molecule has 0 saturated carbocycles. The quantitative estimate of drug-likeness (QED) is 0.429. The number of carbonyl (C=O) groups excluding carboxylic acids is 2. The van der Waals surface area contributed by atoms with Gasteiger partial charge < -0.3 is 14.6 Å². The second kappa shape index (κ2) is 4.60. The Kier molecular flexibility index (Phi) is 3.44. The van der Waals surface area contributed by atoms with Gasteiger partial charge in [-0.3, -0.25) is 14.5 Å². The highest BCUT2D eigenvalue weighted by Crippen LogP contribution is 2.30. The molecule has 18 heavy (non-hydrogen) atoms. The third kappa shape index (κ3) is 2.88. The molecule has 2 aliphatic rings. The highest BCUT2D eigenvalue weighted by molar-refractivity contribution is 5.91. The number of hydrogen-bond acceptors (Lipinski definition) is 6. The molecule has 2 aliphatic heterocycles. The lowest BCUT2D eigenvalue weighted by Gasteiger charge is -2.41. The van der Waals surface area contributed by atoms with Crippen molar-refractivity contribution in [3.63, 3.8) is 0 Å². The molecule has 2 rings (SSSR count). The van der Waals surface area contributed by atoms with Gasteiger partial charge in [-0.2, -0.15) is 0 Å². The summed E-state index contributed by atoms with van der Waals surface area (Å²) in [6, 6.07) is 0. The van der Waals surface area contributed by atoms with Crippen LogP contribution >= 0.6 is 0 Å². The fourth-order valence-electron chi connectivity index (χ4n) is 2.31. The van der Waals surface area contributed by atoms with Gasteiger partial charge in [-0.1, -0.05) is 0 Å². The lowest BCUT2D eigenvalue weighted by atomic mass is 9.87. The molecule has 2 fully saturated rings. The van der Waals surface area contributed by atoms with Crippen molar-refractivity contribution in [2.45, 2.75) is 39.2 Å². The summed E-state index contributed by atoms with van der Waals surface area (Å²) in [4.78, 5) is 24.6. The summed E-state index contributed by atoms with van der Waals surface area (Å²) >= 11 is 0. The standard InChI is InChI=1S/C12H19NO5/c1-12(2,3)18-11(16)13-5-7-4-8(6-13)10(15)17-9(7)14/h7-8,11,16H,4-6H2,1-3H3/t7-,8+,11?. The summed E-state index contributed by atoms with van der Waals surface area (Å²) in [5.41, 5.74) is -0.490. The monoisotopic (exact) mass is 257 g/mol. The molecule has 2 heterocycles. The number of ether oxygens (including phenoxy) is 2. The van der Waals surface area contributed by atoms with E-state index in [2.05, 4.69) is 4.74 Å². The second-order valence-electron chi connectivity index (χ2n) is 5.88. The molecular weight excluding hydrogens is 238 g/mol. The SMILES string of the molecule is CC(C)(C)OC(O)N1C[C@H]2C[C@@H](C1)C(=O)OC2=O. The Morgan fingerprint density at radius 3 is 2.22 bits per heavy atom. The largest absolute Gasteiger partial charge is 0.393 e. The van der Waals surface area contributed by atoms with Crippen molar-refractivity contribution in [1.29, 1.82) is 0 Å². The van der Waals surface area contributed by atoms with Crippen LogP contribution in [0, 0.1) is 11.8 Å². The van der Waals surface area contributed by atoms with Crippen LogP contribution in [0.1, 0.15) is 27.2 Å². The maximum absolute atomic E-state index is 11.5. The number of piperidine rings is 1. The number of cyclic esters (lactones) is 2. The van der Waals surface area contributed by atoms with Crippen LogP contribution < -0.4 is 0 Å². The predicted molar refractivity (Wildman–Crippen MR) is 61.1 cm³/mol. The summed E-state index contributed by atoms with van der Waals surface area (Å²) in [7, 11) is 0. The first-order valence-electron chi connectivity index (χ1n) is 6.12. The van der Waals surface area contributed by atoms with Crippen LogP contribution in [-0.2, 0) is 19.1 Å². The summed E-state index contributed by atoms with van der Waals surface area (Å²) in [5, 5.41) is 9.98. The molecular formula is C12H19NO5. The lowest BCUT2D eigenvalue weighted by Crippen LogP contribution is -2.55. The van der Waals surface area contributed by atoms with Gasteiger partial charge in [-0.05, 0) is 27.2 Å². The minimum atomic E-state index is -1.10. The number of fused-ring (bicyclic) bond motifs is 2. The van der Waals surface area contributed by atoms with Gasteiger partial charge in [0.1, 0.15) is 0 Å². The van der Waals surface area contributed by atoms with Crippen molar-refractivity contribution < 1.29 is 24.2 Å². The number of likely N-dealkylation sites (tertiary alicyclic amines) is 1. The van der Waals surface area contributed by atoms with E-state index in [1.165, 1.54) is 0 Å². The topological polar surface area (TPSA) is 76.1 Å². The van der Waals surface area contributed by atoms with Crippen LogP contribution in [0.2, 0.25) is 0 Å². The van der Waals surface area contributed by atoms with Crippen molar-refractivity contribution in [2.75, 3.05) is 13.1 Å². The molecule has 0 amide bonds. The maximum Gasteiger partial charge on any atom is 0.317 e. The van der Waals surface area contributed by atoms with Gasteiger partial charge in [0.25, 0.3) is 0 Å². The van der Waals surface area contributed by atoms with Crippen LogP contribution in [0.15, 0.2) is 0 Å². The number of rotatable bonds is 2. The highest BCUT2D eigenvalue weighted by atomic mass is 16.6. The van der Waals surface area contributed by atoms with Crippen LogP contribution in [0.3, 0.4) is 0 Å². The summed E-state index contributed by atoms with van der Waals surface area (Å²) < 4.78 is 10.1. The van der Waals surface area contributed by atoms with Crippen molar-refractivity contribution in [2.24, 2.45) is 11.8 Å². The first kappa shape index (κ1) is 13.5. The van der Waals surface area contributed by atoms with Crippen molar-refractivity contribution >= 4 is 11.9 Å². The Hall–Kier alpha value is -0.980. The average molecular weight is 257 g/mol. The Bertz CT molecular complexity index is 340. The second-order valence-corrected chi connectivity index (χ2v) is 5.88. The van der Waals surface area contributed by atoms with Crippen molar-refractivity contribution in [1.82, 2.24) is 4.90 Å². The van der Waals surface area contributed by atoms with Gasteiger partial charge >= 0.3 is 11.9 Å². The van der Waals surface area contributed by atoms with E-state index in [9.17, 15) is 14.7 Å². The normalized spacial score (nSPS) is 31.1. The number of hydrogen-bond donors (Lipinski definition) is 1. The zero-order valence-corrected chi connectivity index (χ0v) is 10.9. The molecule has 2 bridgehead atoms. The third-order valence-corrected chi connectivity index (χ3v) is 3.12. The van der Waals surface area contributed by atoms with E-state index in [4.69, 9.17) is 4.74 Å². The first-order valence-corrected chi connectivity index (χ1v) is 6.12. The van der Waals surface area contributed by atoms with Gasteiger partial charge in [-0.25, -0.2) is 0 Å². The third-order valence-electron chi connectivity index (χ3n) is 3.12. The van der Waals surface area contributed by atoms with Crippen molar-refractivity contribution in [3.8, 4) is 0 Å². The van der Waals surface area contributed by atoms with E-state index >= 15 is 0 Å². The number of nitrogens with zero attached hydrogens (tertiary/aromatic N) is 1. The molecule has 0 radical (unpaired) electrons. The highest BCUT2D eigenvalue weighted by Gasteiger charge is 2.44. The van der Waals surface area contributed by atoms with Crippen LogP contribution in [0.5, 0.6) is 0 Å². The molecule has 1 unspecified atom stereocenters. The Morgan fingerprint density at radius 1 is 1.28 bits per heavy atom. The summed E-state index contributed by atoms with van der Waals surface area (Å²) in [6.07, 6.45) is -0.592. The van der Waals surface area contributed by atoms with E-state index in [0.717, 1.165) is 0 Å². The Morgan fingerprint density at radius 2 is 1.78 bits per heavy atom. The van der Waals surface area contributed by atoms with Gasteiger partial charge in [-0.15, -0.1) is 0 Å². The minimum Gasteiger partial charge on any atom is -0.393 e. The van der Waals surface area contributed by atoms with Crippen LogP contribution in [-0.4, -0.2) is 47.0 Å². The molecule has 0 aliphatic carbocycles. The fourth-order valence-corrected chi connectivity index (χ4v) is 2.31. The molecule has 0 spiro atoms. The van der Waals surface area contributed by atoms with Gasteiger partial charge in [0.15, 0.2) is 0 Å². The smallest absolute Gasteiger partial charge is 0.317 e. The molecule has 102 valence electrons. The molecule has 3 atom stereocenters. The fraction of sp³-hybridized carbons (Fsp3) is 0.833. The molecule has 2 saturated heterocycles. The number of esters is 2. The summed E-state index contributed by atoms with van der Waals surface area (Å²) in [5.74, 6) is -1.69. The molecule has 6 nitrogen and oxygen atoms in total. The van der Waals surface area contributed by atoms with E-state index in [1.807, 2.05) is 20.8 Å². The first-order chi connectivity index (χ1) is 8.26. The lowest BCUT2D eigenvalue weighted by molar-refractivity contribution is -0.251. The number of aliphatic hydroxyl groups is 1. The van der Waals surface area contributed by atoms with E-state index in [1.54, 1.807) is 4.90 Å². The van der Waals surface area contributed by atoms with E-state index < -0.39 is 24.0 Å². The van der Waals surface area contributed by atoms with Crippen LogP contribution in [0.4, 0.5) is 0 Å². The Labute approximate surface area is 106 Å². The molecule has 6 heteroatoms. The number of aliphatic hydroxyl groups excluding tert-OH is 1. The van der Waals surface area contributed by atoms with E-state index in [0.29, 0.717) is 19.5 Å². The van der Waals surface area contributed by atoms with Gasteiger partial charge in [0.05, 0.1) is 17.4 Å². The van der Waals surface area contributed by atoms with Gasteiger partial charge in [0.2, 0.25) is 6.41 Å². The summed E-state index contributed by atoms with van der Waals surface area (Å²) in [6.45, 7) is 6.22. The van der Waals surface area contributed by atoms with Crippen LogP contribution in [0.25, 0.3) is 0 Å². The predicted octanol–water partition coefficient (Wildman–Crippen LogP) is 0.0989. The van der Waals surface area contributed by atoms with E-state index in [-0.39, 0.29) is 11.8 Å². The molecule has 1 N–H and O–H groups in total. The van der Waals surface area contributed by atoms with Gasteiger partial charge in [0, 0.05) is 13.1 Å². The maximum atomic E-state index is 11.5. The average Bonchev–Trinajstić information content (AvgIpc) is 2.24. The molecule has 0 aromatic carbocycles. The number of carbonyl (C=O) groups is 2. The Balaban J connectivity index is 2.03.